The number of methoxy groups -OCH3 is 2. The van der Waals surface area contributed by atoms with Crippen LogP contribution in [-0.2, 0) is 12.0 Å². The van der Waals surface area contributed by atoms with Gasteiger partial charge in [0.15, 0.2) is 0 Å². The summed E-state index contributed by atoms with van der Waals surface area (Å²) in [4.78, 5) is 0. The summed E-state index contributed by atoms with van der Waals surface area (Å²) in [6.45, 7) is 2.01. The van der Waals surface area contributed by atoms with E-state index >= 15 is 0 Å². The average Bonchev–Trinajstić information content (AvgIpc) is 2.49. The lowest BCUT2D eigenvalue weighted by atomic mass is 9.86. The first kappa shape index (κ1) is 15.9. The predicted octanol–water partition coefficient (Wildman–Crippen LogP) is 3.88. The van der Waals surface area contributed by atoms with E-state index in [1.165, 1.54) is 0 Å². The summed E-state index contributed by atoms with van der Waals surface area (Å²) in [6.07, 6.45) is 0.672. The quantitative estimate of drug-likeness (QED) is 0.890. The van der Waals surface area contributed by atoms with Crippen molar-refractivity contribution in [1.82, 2.24) is 0 Å². The van der Waals surface area contributed by atoms with Gasteiger partial charge in [-0.05, 0) is 43.2 Å². The molecule has 0 aromatic heterocycles. The maximum atomic E-state index is 6.57. The molecule has 0 amide bonds. The molecule has 0 aliphatic heterocycles. The van der Waals surface area contributed by atoms with Crippen LogP contribution in [-0.4, -0.2) is 14.2 Å². The maximum absolute atomic E-state index is 6.57. The van der Waals surface area contributed by atoms with E-state index < -0.39 is 5.54 Å². The van der Waals surface area contributed by atoms with Gasteiger partial charge in [0.25, 0.3) is 0 Å². The van der Waals surface area contributed by atoms with Gasteiger partial charge in [-0.15, -0.1) is 0 Å². The molecule has 112 valence electrons. The Bertz CT molecular complexity index is 626. The van der Waals surface area contributed by atoms with Crippen LogP contribution in [0.25, 0.3) is 0 Å². The molecule has 0 aliphatic rings. The number of hydrogen-bond acceptors (Lipinski definition) is 3. The summed E-state index contributed by atoms with van der Waals surface area (Å²) in [5, 5.41) is 0. The lowest BCUT2D eigenvalue weighted by molar-refractivity contribution is 0.385. The second kappa shape index (κ2) is 6.50. The molecule has 0 aliphatic carbocycles. The maximum Gasteiger partial charge on any atom is 0.123 e. The number of para-hydroxylation sites is 1. The summed E-state index contributed by atoms with van der Waals surface area (Å²) < 4.78 is 11.7. The Morgan fingerprint density at radius 3 is 2.48 bits per heavy atom. The fourth-order valence-corrected chi connectivity index (χ4v) is 2.81. The fourth-order valence-electron chi connectivity index (χ4n) is 2.42. The molecule has 0 radical (unpaired) electrons. The highest BCUT2D eigenvalue weighted by Crippen LogP contribution is 2.33. The molecule has 1 unspecified atom stereocenters. The SMILES string of the molecule is COc1ccc(Br)c(CC(C)(N)c2ccccc2OC)c1. The van der Waals surface area contributed by atoms with E-state index in [-0.39, 0.29) is 0 Å². The molecule has 2 aromatic carbocycles. The zero-order chi connectivity index (χ0) is 15.5. The van der Waals surface area contributed by atoms with Gasteiger partial charge in [0.2, 0.25) is 0 Å². The van der Waals surface area contributed by atoms with Gasteiger partial charge in [-0.2, -0.15) is 0 Å². The monoisotopic (exact) mass is 349 g/mol. The third-order valence-electron chi connectivity index (χ3n) is 3.53. The van der Waals surface area contributed by atoms with Crippen molar-refractivity contribution in [3.63, 3.8) is 0 Å². The molecule has 2 rings (SSSR count). The molecule has 21 heavy (non-hydrogen) atoms. The van der Waals surface area contributed by atoms with E-state index in [4.69, 9.17) is 15.2 Å². The Hall–Kier alpha value is -1.52. The molecule has 0 spiro atoms. The predicted molar refractivity (Wildman–Crippen MR) is 88.9 cm³/mol. The molecule has 3 nitrogen and oxygen atoms in total. The molecule has 4 heteroatoms. The first-order valence-corrected chi connectivity index (χ1v) is 7.52. The van der Waals surface area contributed by atoms with Gasteiger partial charge < -0.3 is 15.2 Å². The average molecular weight is 350 g/mol. The third-order valence-corrected chi connectivity index (χ3v) is 4.31. The largest absolute Gasteiger partial charge is 0.497 e. The van der Waals surface area contributed by atoms with E-state index in [0.717, 1.165) is 27.1 Å². The Balaban J connectivity index is 2.37. The van der Waals surface area contributed by atoms with E-state index in [0.29, 0.717) is 6.42 Å². The van der Waals surface area contributed by atoms with E-state index in [1.54, 1.807) is 14.2 Å². The molecular formula is C17H20BrNO2. The van der Waals surface area contributed by atoms with Crippen molar-refractivity contribution in [3.8, 4) is 11.5 Å². The van der Waals surface area contributed by atoms with Gasteiger partial charge in [0.1, 0.15) is 11.5 Å². The second-order valence-electron chi connectivity index (χ2n) is 5.25. The van der Waals surface area contributed by atoms with Gasteiger partial charge in [0.05, 0.1) is 14.2 Å². The molecule has 2 N–H and O–H groups in total. The van der Waals surface area contributed by atoms with Crippen LogP contribution in [0.4, 0.5) is 0 Å². The zero-order valence-corrected chi connectivity index (χ0v) is 14.1. The van der Waals surface area contributed by atoms with Gasteiger partial charge in [-0.3, -0.25) is 0 Å². The van der Waals surface area contributed by atoms with Gasteiger partial charge >= 0.3 is 0 Å². The van der Waals surface area contributed by atoms with Crippen molar-refractivity contribution in [2.45, 2.75) is 18.9 Å². The van der Waals surface area contributed by atoms with Crippen LogP contribution in [0.1, 0.15) is 18.1 Å². The van der Waals surface area contributed by atoms with Crippen molar-refractivity contribution >= 4 is 15.9 Å². The zero-order valence-electron chi connectivity index (χ0n) is 12.5. The van der Waals surface area contributed by atoms with Crippen molar-refractivity contribution in [1.29, 1.82) is 0 Å². The van der Waals surface area contributed by atoms with Gasteiger partial charge in [-0.1, -0.05) is 34.1 Å². The van der Waals surface area contributed by atoms with Crippen molar-refractivity contribution < 1.29 is 9.47 Å². The Morgan fingerprint density at radius 1 is 1.10 bits per heavy atom. The number of rotatable bonds is 5. The van der Waals surface area contributed by atoms with Crippen molar-refractivity contribution in [2.75, 3.05) is 14.2 Å². The lowest BCUT2D eigenvalue weighted by Crippen LogP contribution is -2.36. The van der Waals surface area contributed by atoms with Crippen LogP contribution < -0.4 is 15.2 Å². The Labute approximate surface area is 134 Å². The van der Waals surface area contributed by atoms with Crippen LogP contribution in [0.2, 0.25) is 0 Å². The Kier molecular flexibility index (Phi) is 4.91. The minimum atomic E-state index is -0.540. The van der Waals surface area contributed by atoms with E-state index in [9.17, 15) is 0 Å². The van der Waals surface area contributed by atoms with E-state index in [1.807, 2.05) is 49.4 Å². The number of halogens is 1. The molecular weight excluding hydrogens is 330 g/mol. The summed E-state index contributed by atoms with van der Waals surface area (Å²) in [5.41, 5.74) is 8.12. The van der Waals surface area contributed by atoms with Gasteiger partial charge in [0, 0.05) is 15.6 Å². The first-order valence-electron chi connectivity index (χ1n) is 6.72. The van der Waals surface area contributed by atoms with E-state index in [2.05, 4.69) is 15.9 Å². The van der Waals surface area contributed by atoms with Crippen LogP contribution in [0.5, 0.6) is 11.5 Å². The van der Waals surface area contributed by atoms with Crippen LogP contribution in [0.15, 0.2) is 46.9 Å². The summed E-state index contributed by atoms with van der Waals surface area (Å²) >= 11 is 3.58. The molecule has 0 saturated carbocycles. The fraction of sp³-hybridized carbons (Fsp3) is 0.294. The highest BCUT2D eigenvalue weighted by molar-refractivity contribution is 9.10. The number of ether oxygens (including phenoxy) is 2. The highest BCUT2D eigenvalue weighted by Gasteiger charge is 2.26. The molecule has 0 fully saturated rings. The summed E-state index contributed by atoms with van der Waals surface area (Å²) in [5.74, 6) is 1.63. The minimum Gasteiger partial charge on any atom is -0.497 e. The first-order chi connectivity index (χ1) is 9.97. The summed E-state index contributed by atoms with van der Waals surface area (Å²) in [6, 6.07) is 13.8. The highest BCUT2D eigenvalue weighted by atomic mass is 79.9. The standard InChI is InChI=1S/C17H20BrNO2/c1-17(19,14-6-4-5-7-16(14)21-3)11-12-10-13(20-2)8-9-15(12)18/h4-10H,11,19H2,1-3H3. The second-order valence-corrected chi connectivity index (χ2v) is 6.11. The molecule has 0 saturated heterocycles. The van der Waals surface area contributed by atoms with Crippen LogP contribution >= 0.6 is 15.9 Å². The Morgan fingerprint density at radius 2 is 1.81 bits per heavy atom. The third kappa shape index (κ3) is 3.57. The smallest absolute Gasteiger partial charge is 0.123 e. The number of nitrogens with two attached hydrogens (primary N) is 1. The van der Waals surface area contributed by atoms with Crippen molar-refractivity contribution in [3.05, 3.63) is 58.1 Å². The molecule has 1 atom stereocenters. The van der Waals surface area contributed by atoms with Crippen molar-refractivity contribution in [2.24, 2.45) is 5.73 Å². The van der Waals surface area contributed by atoms with Gasteiger partial charge in [-0.25, -0.2) is 0 Å². The molecule has 2 aromatic rings. The van der Waals surface area contributed by atoms with Crippen LogP contribution in [0.3, 0.4) is 0 Å². The minimum absolute atomic E-state index is 0.540. The number of benzene rings is 2. The topological polar surface area (TPSA) is 44.5 Å². The number of hydrogen-bond donors (Lipinski definition) is 1. The normalized spacial score (nSPS) is 13.6. The lowest BCUT2D eigenvalue weighted by Gasteiger charge is -2.27. The summed E-state index contributed by atoms with van der Waals surface area (Å²) in [7, 11) is 3.32. The van der Waals surface area contributed by atoms with Crippen LogP contribution in [0, 0.1) is 0 Å². The molecule has 0 heterocycles. The molecule has 0 bridgehead atoms.